The van der Waals surface area contributed by atoms with Crippen molar-refractivity contribution < 1.29 is 0 Å². The van der Waals surface area contributed by atoms with Gasteiger partial charge in [0.2, 0.25) is 0 Å². The smallest absolute Gasteiger partial charge is 0.0465 e. The normalized spacial score (nSPS) is 14.3. The van der Waals surface area contributed by atoms with Crippen molar-refractivity contribution in [3.63, 3.8) is 0 Å². The number of hydrogen-bond acceptors (Lipinski definition) is 1. The van der Waals surface area contributed by atoms with Gasteiger partial charge in [-0.15, -0.1) is 0 Å². The van der Waals surface area contributed by atoms with Crippen LogP contribution in [0.4, 0.5) is 17.1 Å². The fourth-order valence-corrected chi connectivity index (χ4v) is 9.25. The lowest BCUT2D eigenvalue weighted by Crippen LogP contribution is -2.17. The van der Waals surface area contributed by atoms with Crippen molar-refractivity contribution in [1.82, 2.24) is 0 Å². The van der Waals surface area contributed by atoms with Gasteiger partial charge in [-0.2, -0.15) is 0 Å². The molecular formula is C52H41N. The maximum atomic E-state index is 2.55. The van der Waals surface area contributed by atoms with E-state index in [2.05, 4.69) is 209 Å². The van der Waals surface area contributed by atoms with Crippen molar-refractivity contribution in [2.75, 3.05) is 4.90 Å². The summed E-state index contributed by atoms with van der Waals surface area (Å²) < 4.78 is 0. The SMILES string of the molecule is CC1(C)c2cc(N(c3ccccc3)c3ccccc3)ccc2-c2cc3c(cc21)-c1c(cc(-c2ccc(-c4ccccc4)cc2)c2ccccc12)C3(C)C. The molecule has 53 heavy (non-hydrogen) atoms. The second-order valence-electron chi connectivity index (χ2n) is 15.8. The molecule has 0 heterocycles. The summed E-state index contributed by atoms with van der Waals surface area (Å²) in [6, 6.07) is 64.9. The van der Waals surface area contributed by atoms with Gasteiger partial charge in [0.1, 0.15) is 0 Å². The molecule has 8 aromatic carbocycles. The van der Waals surface area contributed by atoms with E-state index in [1.54, 1.807) is 0 Å². The Morgan fingerprint density at radius 3 is 1.45 bits per heavy atom. The fraction of sp³-hybridized carbons (Fsp3) is 0.115. The number of para-hydroxylation sites is 2. The molecule has 1 nitrogen and oxygen atoms in total. The number of nitrogens with zero attached hydrogens (tertiary/aromatic N) is 1. The van der Waals surface area contributed by atoms with Crippen molar-refractivity contribution in [3.05, 3.63) is 198 Å². The van der Waals surface area contributed by atoms with Gasteiger partial charge in [-0.3, -0.25) is 0 Å². The summed E-state index contributed by atoms with van der Waals surface area (Å²) in [6.07, 6.45) is 0. The third-order valence-electron chi connectivity index (χ3n) is 12.0. The molecule has 0 spiro atoms. The van der Waals surface area contributed by atoms with E-state index >= 15 is 0 Å². The predicted octanol–water partition coefficient (Wildman–Crippen LogP) is 14.3. The van der Waals surface area contributed by atoms with Gasteiger partial charge in [-0.05, 0) is 132 Å². The molecule has 8 aromatic rings. The highest BCUT2D eigenvalue weighted by Crippen LogP contribution is 2.58. The third kappa shape index (κ3) is 4.77. The van der Waals surface area contributed by atoms with Crippen LogP contribution in [0, 0.1) is 0 Å². The van der Waals surface area contributed by atoms with Crippen LogP contribution in [0.25, 0.3) is 55.3 Å². The van der Waals surface area contributed by atoms with Crippen molar-refractivity contribution in [2.45, 2.75) is 38.5 Å². The van der Waals surface area contributed by atoms with Crippen LogP contribution in [-0.4, -0.2) is 0 Å². The Labute approximate surface area is 312 Å². The van der Waals surface area contributed by atoms with Crippen LogP contribution in [0.2, 0.25) is 0 Å². The lowest BCUT2D eigenvalue weighted by Gasteiger charge is -2.28. The zero-order valence-electron chi connectivity index (χ0n) is 30.7. The highest BCUT2D eigenvalue weighted by molar-refractivity contribution is 6.09. The summed E-state index contributed by atoms with van der Waals surface area (Å²) >= 11 is 0. The lowest BCUT2D eigenvalue weighted by atomic mass is 9.79. The first-order chi connectivity index (χ1) is 25.8. The first kappa shape index (κ1) is 31.5. The standard InChI is InChI=1S/C52H41N/c1-51(2)46-30-39(53(37-18-10-6-11-19-37)38-20-12-7-13-21-38)28-29-41(46)44-32-48-45(33-47(44)51)50-42-23-15-14-22-40(42)43(31-49(50)52(48,3)4)36-26-24-35(25-27-36)34-16-8-5-9-17-34/h5-33H,1-4H3. The molecule has 0 unspecified atom stereocenters. The summed E-state index contributed by atoms with van der Waals surface area (Å²) in [5, 5.41) is 2.63. The topological polar surface area (TPSA) is 3.24 Å². The quantitative estimate of drug-likeness (QED) is 0.175. The number of hydrogen-bond donors (Lipinski definition) is 0. The van der Waals surface area contributed by atoms with Crippen LogP contribution < -0.4 is 4.90 Å². The summed E-state index contributed by atoms with van der Waals surface area (Å²) in [6.45, 7) is 9.65. The van der Waals surface area contributed by atoms with Crippen molar-refractivity contribution >= 4 is 27.8 Å². The van der Waals surface area contributed by atoms with Crippen molar-refractivity contribution in [1.29, 1.82) is 0 Å². The van der Waals surface area contributed by atoms with E-state index in [0.717, 1.165) is 11.4 Å². The molecule has 0 aromatic heterocycles. The molecule has 0 bridgehead atoms. The van der Waals surface area contributed by atoms with Crippen LogP contribution in [0.3, 0.4) is 0 Å². The fourth-order valence-electron chi connectivity index (χ4n) is 9.25. The Kier molecular flexibility index (Phi) is 6.94. The summed E-state index contributed by atoms with van der Waals surface area (Å²) in [4.78, 5) is 2.37. The van der Waals surface area contributed by atoms with E-state index in [9.17, 15) is 0 Å². The number of benzene rings is 8. The molecule has 2 aliphatic rings. The maximum Gasteiger partial charge on any atom is 0.0465 e. The van der Waals surface area contributed by atoms with Crippen molar-refractivity contribution in [2.24, 2.45) is 0 Å². The molecule has 0 aliphatic heterocycles. The molecule has 0 saturated carbocycles. The number of rotatable bonds is 5. The molecule has 0 fully saturated rings. The minimum Gasteiger partial charge on any atom is -0.310 e. The maximum absolute atomic E-state index is 2.55. The summed E-state index contributed by atoms with van der Waals surface area (Å²) in [5.74, 6) is 0. The highest BCUT2D eigenvalue weighted by Gasteiger charge is 2.42. The van der Waals surface area contributed by atoms with Gasteiger partial charge in [0.15, 0.2) is 0 Å². The minimum atomic E-state index is -0.169. The van der Waals surface area contributed by atoms with Gasteiger partial charge < -0.3 is 4.90 Å². The second-order valence-corrected chi connectivity index (χ2v) is 15.8. The van der Waals surface area contributed by atoms with Gasteiger partial charge in [0.25, 0.3) is 0 Å². The molecule has 0 radical (unpaired) electrons. The molecule has 0 amide bonds. The van der Waals surface area contributed by atoms with E-state index in [0.29, 0.717) is 0 Å². The van der Waals surface area contributed by atoms with Crippen LogP contribution >= 0.6 is 0 Å². The zero-order valence-corrected chi connectivity index (χ0v) is 30.7. The monoisotopic (exact) mass is 679 g/mol. The number of fused-ring (bicyclic) bond motifs is 8. The molecule has 2 aliphatic carbocycles. The van der Waals surface area contributed by atoms with Crippen LogP contribution in [0.5, 0.6) is 0 Å². The minimum absolute atomic E-state index is 0.160. The molecule has 0 atom stereocenters. The lowest BCUT2D eigenvalue weighted by molar-refractivity contribution is 0.652. The van der Waals surface area contributed by atoms with E-state index in [1.807, 2.05) is 0 Å². The van der Waals surface area contributed by atoms with E-state index < -0.39 is 0 Å². The highest BCUT2D eigenvalue weighted by atomic mass is 15.1. The molecule has 1 heteroatoms. The molecule has 254 valence electrons. The van der Waals surface area contributed by atoms with Crippen LogP contribution in [-0.2, 0) is 10.8 Å². The van der Waals surface area contributed by atoms with Crippen LogP contribution in [0.15, 0.2) is 176 Å². The van der Waals surface area contributed by atoms with Gasteiger partial charge in [-0.1, -0.05) is 149 Å². The van der Waals surface area contributed by atoms with Gasteiger partial charge in [0, 0.05) is 27.9 Å². The van der Waals surface area contributed by atoms with E-state index in [1.165, 1.54) is 83.2 Å². The first-order valence-corrected chi connectivity index (χ1v) is 18.8. The third-order valence-corrected chi connectivity index (χ3v) is 12.0. The molecule has 0 saturated heterocycles. The van der Waals surface area contributed by atoms with Crippen molar-refractivity contribution in [3.8, 4) is 44.5 Å². The largest absolute Gasteiger partial charge is 0.310 e. The summed E-state index contributed by atoms with van der Waals surface area (Å²) in [7, 11) is 0. The Bertz CT molecular complexity index is 2650. The van der Waals surface area contributed by atoms with Gasteiger partial charge in [-0.25, -0.2) is 0 Å². The average molecular weight is 680 g/mol. The number of anilines is 3. The average Bonchev–Trinajstić information content (AvgIpc) is 3.56. The Morgan fingerprint density at radius 1 is 0.321 bits per heavy atom. The predicted molar refractivity (Wildman–Crippen MR) is 225 cm³/mol. The first-order valence-electron chi connectivity index (χ1n) is 18.8. The van der Waals surface area contributed by atoms with Crippen LogP contribution in [0.1, 0.15) is 49.9 Å². The van der Waals surface area contributed by atoms with E-state index in [4.69, 9.17) is 0 Å². The zero-order chi connectivity index (χ0) is 35.9. The molecular weight excluding hydrogens is 639 g/mol. The van der Waals surface area contributed by atoms with E-state index in [-0.39, 0.29) is 10.8 Å². The summed E-state index contributed by atoms with van der Waals surface area (Å²) in [5.41, 5.74) is 19.3. The van der Waals surface area contributed by atoms with Gasteiger partial charge in [0.05, 0.1) is 0 Å². The molecule has 0 N–H and O–H groups in total. The van der Waals surface area contributed by atoms with Gasteiger partial charge >= 0.3 is 0 Å². The second kappa shape index (κ2) is 11.7. The Morgan fingerprint density at radius 2 is 0.792 bits per heavy atom. The molecule has 10 rings (SSSR count). The Balaban J connectivity index is 1.11. The Hall–Kier alpha value is -6.18.